The van der Waals surface area contributed by atoms with Gasteiger partial charge in [-0.15, -0.1) is 0 Å². The smallest absolute Gasteiger partial charge is 0.335 e. The first kappa shape index (κ1) is 27.0. The highest BCUT2D eigenvalue weighted by molar-refractivity contribution is 5.91. The van der Waals surface area contributed by atoms with Gasteiger partial charge in [0.2, 0.25) is 12.7 Å². The van der Waals surface area contributed by atoms with Crippen LogP contribution < -0.4 is 43.1 Å². The zero-order valence-corrected chi connectivity index (χ0v) is 21.8. The molecule has 2 aromatic heterocycles. The van der Waals surface area contributed by atoms with E-state index in [1.165, 1.54) is 0 Å². The van der Waals surface area contributed by atoms with Crippen LogP contribution in [0.25, 0.3) is 11.1 Å². The Labute approximate surface area is 217 Å². The molecular weight excluding hydrogens is 568 g/mol. The monoisotopic (exact) mass is 590 g/mol. The van der Waals surface area contributed by atoms with Gasteiger partial charge in [0, 0.05) is 11.1 Å². The molecular formula is C24H24Br2N4O4. The molecule has 0 fully saturated rings. The van der Waals surface area contributed by atoms with Crippen LogP contribution in [0, 0.1) is 0 Å². The first-order valence-electron chi connectivity index (χ1n) is 10.0. The summed E-state index contributed by atoms with van der Waals surface area (Å²) in [5.74, 6) is -1.98. The number of hydrogen-bond donors (Lipinski definition) is 2. The number of nitrogens with zero attached hydrogens (tertiary/aromatic N) is 4. The van der Waals surface area contributed by atoms with Crippen molar-refractivity contribution in [3.63, 3.8) is 0 Å². The summed E-state index contributed by atoms with van der Waals surface area (Å²) in [6.07, 6.45) is 11.5. The van der Waals surface area contributed by atoms with Gasteiger partial charge in [-0.25, -0.2) is 27.9 Å². The van der Waals surface area contributed by atoms with Gasteiger partial charge >= 0.3 is 11.9 Å². The fourth-order valence-corrected chi connectivity index (χ4v) is 3.82. The Kier molecular flexibility index (Phi) is 8.94. The van der Waals surface area contributed by atoms with Crippen molar-refractivity contribution in [2.45, 2.75) is 13.1 Å². The van der Waals surface area contributed by atoms with E-state index in [4.69, 9.17) is 0 Å². The summed E-state index contributed by atoms with van der Waals surface area (Å²) in [5.41, 5.74) is 3.83. The summed E-state index contributed by atoms with van der Waals surface area (Å²) < 4.78 is 7.78. The lowest BCUT2D eigenvalue weighted by Crippen LogP contribution is -3.00. The molecule has 0 spiro atoms. The Balaban J connectivity index is 0.00000204. The first-order valence-corrected chi connectivity index (χ1v) is 10.0. The van der Waals surface area contributed by atoms with Crippen molar-refractivity contribution in [1.29, 1.82) is 0 Å². The highest BCUT2D eigenvalue weighted by atomic mass is 79.9. The highest BCUT2D eigenvalue weighted by Gasteiger charge is 2.18. The molecule has 0 unspecified atom stereocenters. The first-order chi connectivity index (χ1) is 15.3. The summed E-state index contributed by atoms with van der Waals surface area (Å²) in [7, 11) is 3.84. The van der Waals surface area contributed by atoms with Gasteiger partial charge in [0.05, 0.1) is 25.2 Å². The zero-order chi connectivity index (χ0) is 22.8. The summed E-state index contributed by atoms with van der Waals surface area (Å²) in [6.45, 7) is 0.964. The van der Waals surface area contributed by atoms with Crippen LogP contribution in [0.2, 0.25) is 0 Å². The molecule has 0 amide bonds. The number of aromatic carboxylic acids is 2. The van der Waals surface area contributed by atoms with Gasteiger partial charge in [-0.05, 0) is 35.4 Å². The predicted octanol–water partition coefficient (Wildman–Crippen LogP) is -3.89. The van der Waals surface area contributed by atoms with Crippen LogP contribution in [0.1, 0.15) is 31.8 Å². The molecule has 0 bridgehead atoms. The molecule has 0 saturated carbocycles. The van der Waals surface area contributed by atoms with Crippen LogP contribution in [-0.4, -0.2) is 31.3 Å². The summed E-state index contributed by atoms with van der Waals surface area (Å²) >= 11 is 0. The number of halogens is 2. The van der Waals surface area contributed by atoms with E-state index in [2.05, 4.69) is 0 Å². The van der Waals surface area contributed by atoms with Crippen LogP contribution >= 0.6 is 0 Å². The van der Waals surface area contributed by atoms with Crippen LogP contribution in [0.4, 0.5) is 0 Å². The molecule has 0 aliphatic rings. The molecule has 10 heteroatoms. The minimum absolute atomic E-state index is 0. The van der Waals surface area contributed by atoms with Gasteiger partial charge < -0.3 is 44.2 Å². The molecule has 34 heavy (non-hydrogen) atoms. The van der Waals surface area contributed by atoms with Crippen molar-refractivity contribution in [3.8, 4) is 11.1 Å². The Bertz CT molecular complexity index is 1230. The number of carboxylic acid groups (broad SMARTS) is 2. The number of aryl methyl sites for hydroxylation is 2. The number of carboxylic acids is 2. The molecule has 4 rings (SSSR count). The third kappa shape index (κ3) is 6.00. The predicted molar refractivity (Wildman–Crippen MR) is 115 cm³/mol. The van der Waals surface area contributed by atoms with E-state index in [0.717, 1.165) is 22.3 Å². The van der Waals surface area contributed by atoms with Crippen molar-refractivity contribution >= 4 is 11.9 Å². The van der Waals surface area contributed by atoms with E-state index in [-0.39, 0.29) is 45.1 Å². The van der Waals surface area contributed by atoms with E-state index in [9.17, 15) is 19.8 Å². The number of benzene rings is 2. The molecule has 2 aromatic carbocycles. The maximum atomic E-state index is 11.6. The van der Waals surface area contributed by atoms with Crippen molar-refractivity contribution < 1.29 is 62.9 Å². The second kappa shape index (κ2) is 11.3. The minimum atomic E-state index is -0.989. The average molecular weight is 592 g/mol. The third-order valence-corrected chi connectivity index (χ3v) is 5.35. The topological polar surface area (TPSA) is 92.2 Å². The van der Waals surface area contributed by atoms with Crippen molar-refractivity contribution in [2.24, 2.45) is 14.1 Å². The van der Waals surface area contributed by atoms with Gasteiger partial charge in [-0.1, -0.05) is 12.1 Å². The average Bonchev–Trinajstić information content (AvgIpc) is 3.35. The van der Waals surface area contributed by atoms with E-state index in [0.29, 0.717) is 13.1 Å². The van der Waals surface area contributed by atoms with E-state index in [1.54, 1.807) is 36.4 Å². The molecule has 8 nitrogen and oxygen atoms in total. The van der Waals surface area contributed by atoms with Gasteiger partial charge in [0.1, 0.15) is 37.9 Å². The normalized spacial score (nSPS) is 10.3. The molecule has 0 atom stereocenters. The number of aromatic nitrogens is 4. The number of imidazole rings is 2. The number of hydrogen-bond acceptors (Lipinski definition) is 2. The van der Waals surface area contributed by atoms with Crippen molar-refractivity contribution in [2.75, 3.05) is 0 Å². The SMILES string of the molecule is C[n+]1ccn(Cc2cc(C(=O)O)ccc2-c2ccc(C(=O)O)cc2Cn2cc[n+](C)c2)c1.[Br-].[Br-]. The van der Waals surface area contributed by atoms with Crippen molar-refractivity contribution in [3.05, 3.63) is 96.1 Å². The largest absolute Gasteiger partial charge is 1.00 e. The van der Waals surface area contributed by atoms with Gasteiger partial charge in [0.25, 0.3) is 0 Å². The molecule has 2 N–H and O–H groups in total. The number of carbonyl (C=O) groups is 2. The second-order valence-corrected chi connectivity index (χ2v) is 7.86. The maximum Gasteiger partial charge on any atom is 0.335 e. The molecule has 0 aliphatic carbocycles. The van der Waals surface area contributed by atoms with Crippen LogP contribution in [-0.2, 0) is 27.2 Å². The van der Waals surface area contributed by atoms with Gasteiger partial charge in [0.15, 0.2) is 0 Å². The Morgan fingerprint density at radius 1 is 0.735 bits per heavy atom. The molecule has 4 aromatic rings. The number of rotatable bonds is 7. The van der Waals surface area contributed by atoms with Gasteiger partial charge in [-0.3, -0.25) is 0 Å². The third-order valence-electron chi connectivity index (χ3n) is 5.35. The Hall–Kier alpha value is -3.24. The lowest BCUT2D eigenvalue weighted by atomic mass is 9.92. The Morgan fingerprint density at radius 3 is 1.41 bits per heavy atom. The summed E-state index contributed by atoms with van der Waals surface area (Å²) in [4.78, 5) is 23.2. The van der Waals surface area contributed by atoms with Crippen molar-refractivity contribution in [1.82, 2.24) is 9.13 Å². The summed E-state index contributed by atoms with van der Waals surface area (Å²) in [6, 6.07) is 10.1. The lowest BCUT2D eigenvalue weighted by Gasteiger charge is -2.14. The van der Waals surface area contributed by atoms with E-state index >= 15 is 0 Å². The molecule has 2 heterocycles. The van der Waals surface area contributed by atoms with Gasteiger partial charge in [-0.2, -0.15) is 0 Å². The standard InChI is InChI=1S/C24H22N4O4.2BrH/c1-25-7-9-27(15-25)13-19-11-17(23(29)30)3-5-21(19)22-6-4-18(24(31)32)12-20(22)14-28-10-8-26(2)16-28;;/h3-12,15-16H,13-14H2,1-2H3;2*1H. The second-order valence-electron chi connectivity index (χ2n) is 7.86. The fraction of sp³-hybridized carbons (Fsp3) is 0.167. The van der Waals surface area contributed by atoms with E-state index in [1.807, 2.05) is 69.8 Å². The van der Waals surface area contributed by atoms with E-state index < -0.39 is 11.9 Å². The summed E-state index contributed by atoms with van der Waals surface area (Å²) in [5, 5.41) is 19.0. The maximum absolute atomic E-state index is 11.6. The quantitative estimate of drug-likeness (QED) is 0.215. The van der Waals surface area contributed by atoms with Crippen LogP contribution in [0.15, 0.2) is 73.8 Å². The molecule has 0 saturated heterocycles. The fourth-order valence-electron chi connectivity index (χ4n) is 3.82. The minimum Gasteiger partial charge on any atom is -1.00 e. The molecule has 0 radical (unpaired) electrons. The Morgan fingerprint density at radius 2 is 1.12 bits per heavy atom. The zero-order valence-electron chi connectivity index (χ0n) is 18.6. The molecule has 0 aliphatic heterocycles. The van der Waals surface area contributed by atoms with Crippen LogP contribution in [0.5, 0.6) is 0 Å². The highest BCUT2D eigenvalue weighted by Crippen LogP contribution is 2.30. The lowest BCUT2D eigenvalue weighted by molar-refractivity contribution is -0.671. The molecule has 178 valence electrons. The van der Waals surface area contributed by atoms with Crippen LogP contribution in [0.3, 0.4) is 0 Å².